The van der Waals surface area contributed by atoms with Gasteiger partial charge in [-0.2, -0.15) is 5.10 Å². The standard InChI is InChI=1S/C11H21N3/c1-5-6-9(2)7-12-11-8-14(4)13-10(11)3/h8-9,12H,5-7H2,1-4H3. The molecule has 0 spiro atoms. The van der Waals surface area contributed by atoms with Crippen molar-refractivity contribution < 1.29 is 0 Å². The molecule has 1 aromatic rings. The molecule has 1 rings (SSSR count). The largest absolute Gasteiger partial charge is 0.382 e. The molecule has 0 aliphatic carbocycles. The lowest BCUT2D eigenvalue weighted by atomic mass is 10.1. The zero-order valence-corrected chi connectivity index (χ0v) is 9.67. The van der Waals surface area contributed by atoms with Crippen molar-refractivity contribution in [1.82, 2.24) is 9.78 Å². The average molecular weight is 195 g/mol. The highest BCUT2D eigenvalue weighted by molar-refractivity contribution is 5.45. The van der Waals surface area contributed by atoms with Gasteiger partial charge in [-0.05, 0) is 19.3 Å². The number of nitrogens with zero attached hydrogens (tertiary/aromatic N) is 2. The molecule has 0 amide bonds. The number of aryl methyl sites for hydroxylation is 2. The Morgan fingerprint density at radius 2 is 2.29 bits per heavy atom. The molecule has 0 aliphatic rings. The second kappa shape index (κ2) is 5.03. The van der Waals surface area contributed by atoms with Gasteiger partial charge in [0.25, 0.3) is 0 Å². The Kier molecular flexibility index (Phi) is 3.98. The SMILES string of the molecule is CCCC(C)CNc1cn(C)nc1C. The molecule has 0 bridgehead atoms. The van der Waals surface area contributed by atoms with Crippen molar-refractivity contribution in [2.75, 3.05) is 11.9 Å². The van der Waals surface area contributed by atoms with E-state index in [2.05, 4.69) is 24.3 Å². The first kappa shape index (κ1) is 11.1. The Balaban J connectivity index is 2.41. The quantitative estimate of drug-likeness (QED) is 0.782. The monoisotopic (exact) mass is 195 g/mol. The van der Waals surface area contributed by atoms with E-state index in [-0.39, 0.29) is 0 Å². The van der Waals surface area contributed by atoms with Gasteiger partial charge in [0.15, 0.2) is 0 Å². The fourth-order valence-corrected chi connectivity index (χ4v) is 1.65. The highest BCUT2D eigenvalue weighted by Gasteiger charge is 2.04. The van der Waals surface area contributed by atoms with E-state index in [0.29, 0.717) is 0 Å². The first-order chi connectivity index (χ1) is 6.63. The molecule has 3 nitrogen and oxygen atoms in total. The maximum atomic E-state index is 4.29. The van der Waals surface area contributed by atoms with Gasteiger partial charge >= 0.3 is 0 Å². The van der Waals surface area contributed by atoms with Gasteiger partial charge in [0.1, 0.15) is 0 Å². The normalized spacial score (nSPS) is 12.9. The van der Waals surface area contributed by atoms with Gasteiger partial charge in [0.2, 0.25) is 0 Å². The van der Waals surface area contributed by atoms with Gasteiger partial charge in [0, 0.05) is 19.8 Å². The minimum absolute atomic E-state index is 0.736. The van der Waals surface area contributed by atoms with Crippen LogP contribution in [0.2, 0.25) is 0 Å². The lowest BCUT2D eigenvalue weighted by Crippen LogP contribution is -2.11. The molecule has 1 N–H and O–H groups in total. The Labute approximate surface area is 86.5 Å². The van der Waals surface area contributed by atoms with Crippen LogP contribution < -0.4 is 5.32 Å². The molecule has 0 aromatic carbocycles. The third-order valence-corrected chi connectivity index (χ3v) is 2.44. The van der Waals surface area contributed by atoms with Crippen LogP contribution in [0, 0.1) is 12.8 Å². The predicted octanol–water partition coefficient (Wildman–Crippen LogP) is 2.58. The molecule has 1 aromatic heterocycles. The number of aromatic nitrogens is 2. The summed E-state index contributed by atoms with van der Waals surface area (Å²) in [6.45, 7) is 7.58. The third kappa shape index (κ3) is 3.05. The molecule has 1 heterocycles. The van der Waals surface area contributed by atoms with E-state index in [0.717, 1.165) is 23.8 Å². The first-order valence-corrected chi connectivity index (χ1v) is 5.37. The predicted molar refractivity (Wildman–Crippen MR) is 60.5 cm³/mol. The fraction of sp³-hybridized carbons (Fsp3) is 0.727. The second-order valence-electron chi connectivity index (χ2n) is 4.08. The van der Waals surface area contributed by atoms with Crippen LogP contribution >= 0.6 is 0 Å². The Morgan fingerprint density at radius 1 is 1.57 bits per heavy atom. The van der Waals surface area contributed by atoms with Gasteiger partial charge in [-0.25, -0.2) is 0 Å². The maximum absolute atomic E-state index is 4.29. The van der Waals surface area contributed by atoms with Crippen molar-refractivity contribution in [3.8, 4) is 0 Å². The second-order valence-corrected chi connectivity index (χ2v) is 4.08. The molecule has 80 valence electrons. The smallest absolute Gasteiger partial charge is 0.0824 e. The summed E-state index contributed by atoms with van der Waals surface area (Å²) in [6.07, 6.45) is 4.58. The van der Waals surface area contributed by atoms with Gasteiger partial charge < -0.3 is 5.32 Å². The molecular weight excluding hydrogens is 174 g/mol. The van der Waals surface area contributed by atoms with Crippen molar-refractivity contribution in [3.63, 3.8) is 0 Å². The molecule has 0 fully saturated rings. The van der Waals surface area contributed by atoms with E-state index in [9.17, 15) is 0 Å². The fourth-order valence-electron chi connectivity index (χ4n) is 1.65. The van der Waals surface area contributed by atoms with Crippen LogP contribution in [0.1, 0.15) is 32.4 Å². The summed E-state index contributed by atoms with van der Waals surface area (Å²) in [5, 5.41) is 7.72. The molecule has 0 saturated carbocycles. The molecule has 14 heavy (non-hydrogen) atoms. The average Bonchev–Trinajstić information content (AvgIpc) is 2.42. The summed E-state index contributed by atoms with van der Waals surface area (Å²) in [4.78, 5) is 0. The molecule has 0 aliphatic heterocycles. The molecule has 3 heteroatoms. The topological polar surface area (TPSA) is 29.9 Å². The van der Waals surface area contributed by atoms with Crippen LogP contribution in [-0.2, 0) is 7.05 Å². The van der Waals surface area contributed by atoms with Gasteiger partial charge in [-0.3, -0.25) is 4.68 Å². The highest BCUT2D eigenvalue weighted by Crippen LogP contribution is 2.13. The summed E-state index contributed by atoms with van der Waals surface area (Å²) in [5.41, 5.74) is 2.24. The van der Waals surface area contributed by atoms with E-state index in [1.165, 1.54) is 12.8 Å². The summed E-state index contributed by atoms with van der Waals surface area (Å²) in [5.74, 6) is 0.736. The van der Waals surface area contributed by atoms with Gasteiger partial charge in [0.05, 0.1) is 11.4 Å². The van der Waals surface area contributed by atoms with Gasteiger partial charge in [-0.1, -0.05) is 20.3 Å². The van der Waals surface area contributed by atoms with Crippen molar-refractivity contribution in [2.24, 2.45) is 13.0 Å². The first-order valence-electron chi connectivity index (χ1n) is 5.37. The zero-order chi connectivity index (χ0) is 10.6. The minimum Gasteiger partial charge on any atom is -0.382 e. The number of rotatable bonds is 5. The lowest BCUT2D eigenvalue weighted by Gasteiger charge is -2.11. The summed E-state index contributed by atoms with van der Waals surface area (Å²) in [6, 6.07) is 0. The van der Waals surface area contributed by atoms with Crippen LogP contribution in [0.25, 0.3) is 0 Å². The Morgan fingerprint density at radius 3 is 2.79 bits per heavy atom. The van der Waals surface area contributed by atoms with Crippen LogP contribution in [0.3, 0.4) is 0 Å². The highest BCUT2D eigenvalue weighted by atomic mass is 15.3. The van der Waals surface area contributed by atoms with Crippen LogP contribution in [0.15, 0.2) is 6.20 Å². The minimum atomic E-state index is 0.736. The van der Waals surface area contributed by atoms with E-state index >= 15 is 0 Å². The summed E-state index contributed by atoms with van der Waals surface area (Å²) < 4.78 is 1.85. The van der Waals surface area contributed by atoms with Gasteiger partial charge in [-0.15, -0.1) is 0 Å². The van der Waals surface area contributed by atoms with Crippen molar-refractivity contribution in [3.05, 3.63) is 11.9 Å². The van der Waals surface area contributed by atoms with Crippen LogP contribution in [0.5, 0.6) is 0 Å². The molecule has 1 atom stereocenters. The molecular formula is C11H21N3. The third-order valence-electron chi connectivity index (χ3n) is 2.44. The van der Waals surface area contributed by atoms with Crippen LogP contribution in [-0.4, -0.2) is 16.3 Å². The number of nitrogens with one attached hydrogen (secondary N) is 1. The molecule has 1 unspecified atom stereocenters. The summed E-state index contributed by atoms with van der Waals surface area (Å²) in [7, 11) is 1.95. The molecule has 0 radical (unpaired) electrons. The van der Waals surface area contributed by atoms with Crippen molar-refractivity contribution in [1.29, 1.82) is 0 Å². The Hall–Kier alpha value is -0.990. The number of hydrogen-bond donors (Lipinski definition) is 1. The number of hydrogen-bond acceptors (Lipinski definition) is 2. The van der Waals surface area contributed by atoms with E-state index in [1.807, 2.05) is 24.9 Å². The maximum Gasteiger partial charge on any atom is 0.0824 e. The van der Waals surface area contributed by atoms with E-state index < -0.39 is 0 Å². The van der Waals surface area contributed by atoms with E-state index in [1.54, 1.807) is 0 Å². The lowest BCUT2D eigenvalue weighted by molar-refractivity contribution is 0.550. The zero-order valence-electron chi connectivity index (χ0n) is 9.67. The van der Waals surface area contributed by atoms with Crippen molar-refractivity contribution >= 4 is 5.69 Å². The van der Waals surface area contributed by atoms with Crippen LogP contribution in [0.4, 0.5) is 5.69 Å². The summed E-state index contributed by atoms with van der Waals surface area (Å²) >= 11 is 0. The Bertz CT molecular complexity index is 278. The number of anilines is 1. The molecule has 0 saturated heterocycles. The van der Waals surface area contributed by atoms with Crippen molar-refractivity contribution in [2.45, 2.75) is 33.6 Å². The van der Waals surface area contributed by atoms with E-state index in [4.69, 9.17) is 0 Å².